The van der Waals surface area contributed by atoms with Gasteiger partial charge in [0.25, 0.3) is 0 Å². The maximum absolute atomic E-state index is 11.5. The summed E-state index contributed by atoms with van der Waals surface area (Å²) in [7, 11) is 0. The van der Waals surface area contributed by atoms with Crippen molar-refractivity contribution in [2.24, 2.45) is 11.0 Å². The van der Waals surface area contributed by atoms with E-state index in [2.05, 4.69) is 18.9 Å². The highest BCUT2D eigenvalue weighted by atomic mass is 16.2. The molecule has 1 heterocycles. The van der Waals surface area contributed by atoms with E-state index in [0.717, 1.165) is 12.1 Å². The fourth-order valence-corrected chi connectivity index (χ4v) is 1.63. The SMILES string of the molecule is CCC(C)N1N=C(C2CC2)CC1=O. The van der Waals surface area contributed by atoms with E-state index in [9.17, 15) is 4.79 Å². The summed E-state index contributed by atoms with van der Waals surface area (Å²) in [5, 5.41) is 6.08. The Morgan fingerprint density at radius 1 is 1.62 bits per heavy atom. The molecule has 0 N–H and O–H groups in total. The highest BCUT2D eigenvalue weighted by Crippen LogP contribution is 2.34. The predicted octanol–water partition coefficient (Wildman–Crippen LogP) is 1.78. The normalized spacial score (nSPS) is 24.9. The summed E-state index contributed by atoms with van der Waals surface area (Å²) >= 11 is 0. The minimum absolute atomic E-state index is 0.191. The molecule has 1 fully saturated rings. The maximum atomic E-state index is 11.5. The van der Waals surface area contributed by atoms with Gasteiger partial charge in [-0.15, -0.1) is 0 Å². The molecule has 1 unspecified atom stereocenters. The number of carbonyl (C=O) groups is 1. The molecule has 3 nitrogen and oxygen atoms in total. The Balaban J connectivity index is 2.06. The Kier molecular flexibility index (Phi) is 2.10. The van der Waals surface area contributed by atoms with Crippen molar-refractivity contribution in [3.8, 4) is 0 Å². The van der Waals surface area contributed by atoms with Gasteiger partial charge < -0.3 is 0 Å². The standard InChI is InChI=1S/C10H16N2O/c1-3-7(2)12-10(13)6-9(11-12)8-4-5-8/h7-8H,3-6H2,1-2H3. The molecule has 0 spiro atoms. The summed E-state index contributed by atoms with van der Waals surface area (Å²) in [5.41, 5.74) is 1.13. The maximum Gasteiger partial charge on any atom is 0.248 e. The van der Waals surface area contributed by atoms with Crippen LogP contribution in [0.2, 0.25) is 0 Å². The van der Waals surface area contributed by atoms with Gasteiger partial charge >= 0.3 is 0 Å². The van der Waals surface area contributed by atoms with Crippen LogP contribution >= 0.6 is 0 Å². The zero-order valence-corrected chi connectivity index (χ0v) is 8.29. The molecule has 1 aliphatic carbocycles. The van der Waals surface area contributed by atoms with Crippen molar-refractivity contribution in [2.75, 3.05) is 0 Å². The Bertz CT molecular complexity index is 256. The van der Waals surface area contributed by atoms with Crippen LogP contribution < -0.4 is 0 Å². The van der Waals surface area contributed by atoms with Crippen molar-refractivity contribution in [1.29, 1.82) is 0 Å². The van der Waals surface area contributed by atoms with Gasteiger partial charge in [-0.3, -0.25) is 4.79 Å². The van der Waals surface area contributed by atoms with Gasteiger partial charge in [0.15, 0.2) is 0 Å². The predicted molar refractivity (Wildman–Crippen MR) is 51.4 cm³/mol. The molecule has 3 heteroatoms. The number of amides is 1. The zero-order chi connectivity index (χ0) is 9.42. The average Bonchev–Trinajstić information content (AvgIpc) is 2.89. The summed E-state index contributed by atoms with van der Waals surface area (Å²) in [4.78, 5) is 11.5. The molecule has 0 aromatic rings. The lowest BCUT2D eigenvalue weighted by atomic mass is 10.2. The van der Waals surface area contributed by atoms with Crippen LogP contribution in [-0.4, -0.2) is 22.7 Å². The number of rotatable bonds is 3. The van der Waals surface area contributed by atoms with Crippen LogP contribution in [0.25, 0.3) is 0 Å². The lowest BCUT2D eigenvalue weighted by Crippen LogP contribution is -2.29. The summed E-state index contributed by atoms with van der Waals surface area (Å²) in [5.74, 6) is 0.828. The summed E-state index contributed by atoms with van der Waals surface area (Å²) in [6.07, 6.45) is 4.03. The van der Waals surface area contributed by atoms with E-state index < -0.39 is 0 Å². The molecule has 1 amide bonds. The molecule has 0 saturated heterocycles. The topological polar surface area (TPSA) is 32.7 Å². The second kappa shape index (κ2) is 3.13. The van der Waals surface area contributed by atoms with Crippen LogP contribution in [0.4, 0.5) is 0 Å². The molecule has 0 bridgehead atoms. The number of nitrogens with zero attached hydrogens (tertiary/aromatic N) is 2. The first-order chi connectivity index (χ1) is 6.22. The van der Waals surface area contributed by atoms with Gasteiger partial charge in [0, 0.05) is 0 Å². The molecule has 1 atom stereocenters. The molecule has 0 radical (unpaired) electrons. The fraction of sp³-hybridized carbons (Fsp3) is 0.800. The Hall–Kier alpha value is -0.860. The zero-order valence-electron chi connectivity index (χ0n) is 8.29. The summed E-state index contributed by atoms with van der Waals surface area (Å²) in [6, 6.07) is 0.267. The molecule has 1 saturated carbocycles. The molecule has 0 aromatic carbocycles. The lowest BCUT2D eigenvalue weighted by molar-refractivity contribution is -0.130. The first-order valence-corrected chi connectivity index (χ1v) is 5.11. The van der Waals surface area contributed by atoms with E-state index in [1.807, 2.05) is 0 Å². The molecule has 13 heavy (non-hydrogen) atoms. The number of hydrogen-bond acceptors (Lipinski definition) is 2. The van der Waals surface area contributed by atoms with Crippen LogP contribution in [0, 0.1) is 5.92 Å². The van der Waals surface area contributed by atoms with Crippen LogP contribution in [0.15, 0.2) is 5.10 Å². The lowest BCUT2D eigenvalue weighted by Gasteiger charge is -2.18. The van der Waals surface area contributed by atoms with E-state index in [-0.39, 0.29) is 11.9 Å². The van der Waals surface area contributed by atoms with Crippen molar-refractivity contribution in [3.05, 3.63) is 0 Å². The van der Waals surface area contributed by atoms with Crippen LogP contribution in [0.5, 0.6) is 0 Å². The molecule has 1 aliphatic heterocycles. The minimum atomic E-state index is 0.191. The third kappa shape index (κ3) is 1.60. The van der Waals surface area contributed by atoms with Crippen molar-refractivity contribution >= 4 is 11.6 Å². The smallest absolute Gasteiger partial charge is 0.248 e. The van der Waals surface area contributed by atoms with Crippen molar-refractivity contribution in [3.63, 3.8) is 0 Å². The van der Waals surface area contributed by atoms with Crippen LogP contribution in [0.3, 0.4) is 0 Å². The fourth-order valence-electron chi connectivity index (χ4n) is 1.63. The van der Waals surface area contributed by atoms with Gasteiger partial charge in [0.05, 0.1) is 18.2 Å². The summed E-state index contributed by atoms with van der Waals surface area (Å²) in [6.45, 7) is 4.14. The monoisotopic (exact) mass is 180 g/mol. The van der Waals surface area contributed by atoms with E-state index in [1.165, 1.54) is 12.8 Å². The summed E-state index contributed by atoms with van der Waals surface area (Å²) < 4.78 is 0. The van der Waals surface area contributed by atoms with E-state index >= 15 is 0 Å². The highest BCUT2D eigenvalue weighted by Gasteiger charge is 2.36. The van der Waals surface area contributed by atoms with Gasteiger partial charge in [0.1, 0.15) is 0 Å². The first-order valence-electron chi connectivity index (χ1n) is 5.11. The molecular weight excluding hydrogens is 164 g/mol. The van der Waals surface area contributed by atoms with Crippen molar-refractivity contribution in [1.82, 2.24) is 5.01 Å². The highest BCUT2D eigenvalue weighted by molar-refractivity contribution is 6.06. The Labute approximate surface area is 78.8 Å². The van der Waals surface area contributed by atoms with Gasteiger partial charge in [-0.1, -0.05) is 6.92 Å². The molecule has 0 aromatic heterocycles. The molecule has 2 rings (SSSR count). The third-order valence-electron chi connectivity index (χ3n) is 2.88. The van der Waals surface area contributed by atoms with Gasteiger partial charge in [-0.05, 0) is 32.1 Å². The molecular formula is C10H16N2O. The van der Waals surface area contributed by atoms with Gasteiger partial charge in [0.2, 0.25) is 5.91 Å². The second-order valence-electron chi connectivity index (χ2n) is 4.04. The average molecular weight is 180 g/mol. The van der Waals surface area contributed by atoms with Gasteiger partial charge in [-0.2, -0.15) is 5.10 Å². The van der Waals surface area contributed by atoms with Gasteiger partial charge in [-0.25, -0.2) is 5.01 Å². The van der Waals surface area contributed by atoms with E-state index in [1.54, 1.807) is 5.01 Å². The Morgan fingerprint density at radius 2 is 2.31 bits per heavy atom. The quantitative estimate of drug-likeness (QED) is 0.651. The largest absolute Gasteiger partial charge is 0.273 e. The van der Waals surface area contributed by atoms with Crippen molar-refractivity contribution in [2.45, 2.75) is 45.6 Å². The molecule has 72 valence electrons. The van der Waals surface area contributed by atoms with Crippen LogP contribution in [0.1, 0.15) is 39.5 Å². The minimum Gasteiger partial charge on any atom is -0.273 e. The second-order valence-corrected chi connectivity index (χ2v) is 4.04. The van der Waals surface area contributed by atoms with E-state index in [0.29, 0.717) is 12.3 Å². The number of carbonyl (C=O) groups excluding carboxylic acids is 1. The van der Waals surface area contributed by atoms with Crippen LogP contribution in [-0.2, 0) is 4.79 Å². The number of hydrogen-bond donors (Lipinski definition) is 0. The van der Waals surface area contributed by atoms with E-state index in [4.69, 9.17) is 0 Å². The molecule has 2 aliphatic rings. The first kappa shape index (κ1) is 8.73. The Morgan fingerprint density at radius 3 is 2.85 bits per heavy atom. The third-order valence-corrected chi connectivity index (χ3v) is 2.88. The van der Waals surface area contributed by atoms with Crippen molar-refractivity contribution < 1.29 is 4.79 Å². The number of hydrazone groups is 1.